The van der Waals surface area contributed by atoms with Gasteiger partial charge in [0.1, 0.15) is 30.5 Å². The molecule has 3 saturated carbocycles. The van der Waals surface area contributed by atoms with Gasteiger partial charge in [0.25, 0.3) is 0 Å². The van der Waals surface area contributed by atoms with Crippen molar-refractivity contribution < 1.29 is 43.2 Å². The first-order chi connectivity index (χ1) is 30.4. The minimum absolute atomic E-state index is 0.0108. The summed E-state index contributed by atoms with van der Waals surface area (Å²) in [7, 11) is 1.55. The van der Waals surface area contributed by atoms with Gasteiger partial charge in [-0.15, -0.1) is 0 Å². The first-order valence-corrected chi connectivity index (χ1v) is 24.8. The molecular formula is C47H74N6O9. The van der Waals surface area contributed by atoms with Gasteiger partial charge in [0, 0.05) is 50.9 Å². The predicted molar refractivity (Wildman–Crippen MR) is 229 cm³/mol. The summed E-state index contributed by atoms with van der Waals surface area (Å²) in [4.78, 5) is 70.5. The Balaban J connectivity index is 1.22. The lowest BCUT2D eigenvalue weighted by Crippen LogP contribution is -2.67. The van der Waals surface area contributed by atoms with Gasteiger partial charge in [0.05, 0.1) is 37.9 Å². The fourth-order valence-corrected chi connectivity index (χ4v) is 14.1. The molecule has 0 radical (unpaired) electrons. The summed E-state index contributed by atoms with van der Waals surface area (Å²) in [6.07, 6.45) is 16.5. The molecule has 5 aliphatic heterocycles. The Bertz CT molecular complexity index is 1640. The van der Waals surface area contributed by atoms with Gasteiger partial charge in [-0.3, -0.25) is 34.8 Å². The average Bonchev–Trinajstić information content (AvgIpc) is 3.78. The van der Waals surface area contributed by atoms with Crippen LogP contribution in [0.2, 0.25) is 0 Å². The van der Waals surface area contributed by atoms with Crippen LogP contribution >= 0.6 is 0 Å². The van der Waals surface area contributed by atoms with Crippen LogP contribution in [0.15, 0.2) is 11.3 Å². The first-order valence-electron chi connectivity index (χ1n) is 24.8. The maximum atomic E-state index is 16.4. The van der Waals surface area contributed by atoms with Crippen LogP contribution in [-0.2, 0) is 33.3 Å². The standard InChI is InChI=1S/C47H74N6O9/c1-59-29-30-61-46(58)52-35-19-10-9-18-34(35)47(44(52)57)37(42(55)50-23-25-51(26-24-50)45-48-21-12-22-49-45)39-43(56)62-40(32-15-6-3-7-16-32)38(31-13-4-2-5-14-31)53(39)41(47)33-17-8-11-20-36(33)60-28-27-54/h31-33,36-41,45,48-49,54H,2-30H2,1H3/t33?,36?,37-,38-,39-,40+,41+,47-/m1/s1. The Morgan fingerprint density at radius 3 is 2.18 bits per heavy atom. The number of carbonyl (C=O) groups excluding carboxylic acids is 4. The Kier molecular flexibility index (Phi) is 14.2. The smallest absolute Gasteiger partial charge is 0.421 e. The average molecular weight is 867 g/mol. The molecule has 3 amide bonds. The van der Waals surface area contributed by atoms with Crippen LogP contribution in [0.25, 0.3) is 0 Å². The van der Waals surface area contributed by atoms with Gasteiger partial charge < -0.3 is 29.0 Å². The van der Waals surface area contributed by atoms with Gasteiger partial charge in [-0.05, 0) is 101 Å². The number of rotatable bonds is 11. The Labute approximate surface area is 368 Å². The predicted octanol–water partition coefficient (Wildman–Crippen LogP) is 4.13. The van der Waals surface area contributed by atoms with E-state index in [0.29, 0.717) is 44.7 Å². The third kappa shape index (κ3) is 8.05. The Morgan fingerprint density at radius 1 is 0.790 bits per heavy atom. The fraction of sp³-hybridized carbons (Fsp3) is 0.872. The second-order valence-corrected chi connectivity index (χ2v) is 19.9. The number of ether oxygens (including phenoxy) is 4. The zero-order valence-corrected chi connectivity index (χ0v) is 37.3. The first kappa shape index (κ1) is 44.5. The molecule has 8 atom stereocenters. The highest BCUT2D eigenvalue weighted by atomic mass is 16.6. The van der Waals surface area contributed by atoms with Gasteiger partial charge in [0.2, 0.25) is 11.8 Å². The number of hydrogen-bond acceptors (Lipinski definition) is 13. The number of cyclic esters (lactones) is 1. The highest BCUT2D eigenvalue weighted by Crippen LogP contribution is 2.65. The maximum absolute atomic E-state index is 16.4. The van der Waals surface area contributed by atoms with Crippen LogP contribution in [0.4, 0.5) is 4.79 Å². The number of imide groups is 1. The molecule has 2 unspecified atom stereocenters. The summed E-state index contributed by atoms with van der Waals surface area (Å²) in [5.74, 6) is -1.90. The molecule has 9 aliphatic rings. The van der Waals surface area contributed by atoms with Crippen molar-refractivity contribution in [1.29, 1.82) is 0 Å². The third-order valence-corrected chi connectivity index (χ3v) is 16.7. The number of esters is 1. The van der Waals surface area contributed by atoms with E-state index in [0.717, 1.165) is 115 Å². The molecule has 15 nitrogen and oxygen atoms in total. The van der Waals surface area contributed by atoms with E-state index in [9.17, 15) is 9.90 Å². The van der Waals surface area contributed by atoms with E-state index in [1.54, 1.807) is 7.11 Å². The normalized spacial score (nSPS) is 35.9. The minimum atomic E-state index is -1.52. The van der Waals surface area contributed by atoms with Crippen LogP contribution < -0.4 is 10.6 Å². The molecule has 346 valence electrons. The molecule has 0 aromatic rings. The summed E-state index contributed by atoms with van der Waals surface area (Å²) in [5.41, 5.74) is -0.0154. The quantitative estimate of drug-likeness (QED) is 0.201. The van der Waals surface area contributed by atoms with Gasteiger partial charge in [-0.2, -0.15) is 0 Å². The molecule has 7 fully saturated rings. The summed E-state index contributed by atoms with van der Waals surface area (Å²) in [6, 6.07) is -1.77. The van der Waals surface area contributed by atoms with Crippen molar-refractivity contribution in [2.24, 2.45) is 29.1 Å². The molecule has 9 rings (SSSR count). The van der Waals surface area contributed by atoms with E-state index in [1.807, 2.05) is 4.90 Å². The lowest BCUT2D eigenvalue weighted by atomic mass is 9.59. The van der Waals surface area contributed by atoms with Gasteiger partial charge in [0.15, 0.2) is 0 Å². The number of carbonyl (C=O) groups is 4. The van der Waals surface area contributed by atoms with Gasteiger partial charge in [-0.1, -0.05) is 51.4 Å². The van der Waals surface area contributed by atoms with Crippen molar-refractivity contribution in [2.45, 2.75) is 159 Å². The van der Waals surface area contributed by atoms with Crippen LogP contribution in [0.1, 0.15) is 122 Å². The van der Waals surface area contributed by atoms with Crippen LogP contribution in [-0.4, -0.2) is 158 Å². The SMILES string of the molecule is COCCOC(=O)N1C(=O)[C@@]2(C3=C1CCCC3)[C@H](C1CCCCC1OCCO)N1[C@H](C3CCCCC3)[C@H](C3CCCCC3)OC(=O)[C@H]1[C@@H]2C(=O)N1CCN(C2NCCCN2)CC1. The number of methoxy groups -OCH3 is 1. The molecule has 0 aromatic heterocycles. The van der Waals surface area contributed by atoms with E-state index in [2.05, 4.69) is 20.4 Å². The molecule has 0 bridgehead atoms. The Hall–Kier alpha value is -2.66. The number of hydrogen-bond donors (Lipinski definition) is 3. The molecule has 4 saturated heterocycles. The molecule has 5 heterocycles. The molecule has 15 heteroatoms. The Morgan fingerprint density at radius 2 is 1.47 bits per heavy atom. The maximum Gasteiger partial charge on any atom is 0.421 e. The number of aliphatic hydroxyl groups excluding tert-OH is 1. The number of nitrogens with one attached hydrogen (secondary N) is 2. The minimum Gasteiger partial charge on any atom is -0.459 e. The molecule has 3 N–H and O–H groups in total. The van der Waals surface area contributed by atoms with E-state index >= 15 is 14.4 Å². The van der Waals surface area contributed by atoms with E-state index in [1.165, 1.54) is 17.7 Å². The van der Waals surface area contributed by atoms with Crippen molar-refractivity contribution >= 4 is 23.9 Å². The van der Waals surface area contributed by atoms with Crippen molar-refractivity contribution in [2.75, 3.05) is 72.8 Å². The largest absolute Gasteiger partial charge is 0.459 e. The number of fused-ring (bicyclic) bond motifs is 2. The number of morpholine rings is 1. The van der Waals surface area contributed by atoms with Crippen LogP contribution in [0.5, 0.6) is 0 Å². The topological polar surface area (TPSA) is 162 Å². The zero-order valence-electron chi connectivity index (χ0n) is 37.3. The summed E-state index contributed by atoms with van der Waals surface area (Å²) in [5, 5.41) is 17.3. The number of nitrogens with zero attached hydrogens (tertiary/aromatic N) is 4. The highest BCUT2D eigenvalue weighted by molar-refractivity contribution is 6.07. The van der Waals surface area contributed by atoms with E-state index in [4.69, 9.17) is 18.9 Å². The molecule has 4 aliphatic carbocycles. The molecular weight excluding hydrogens is 793 g/mol. The van der Waals surface area contributed by atoms with Crippen molar-refractivity contribution in [3.63, 3.8) is 0 Å². The third-order valence-electron chi connectivity index (χ3n) is 16.7. The highest BCUT2D eigenvalue weighted by Gasteiger charge is 2.78. The van der Waals surface area contributed by atoms with Gasteiger partial charge >= 0.3 is 12.1 Å². The zero-order chi connectivity index (χ0) is 42.8. The number of aliphatic hydroxyl groups is 1. The van der Waals surface area contributed by atoms with E-state index < -0.39 is 41.4 Å². The number of allylic oxidation sites excluding steroid dienone is 1. The van der Waals surface area contributed by atoms with Gasteiger partial charge in [-0.25, -0.2) is 9.69 Å². The summed E-state index contributed by atoms with van der Waals surface area (Å²) < 4.78 is 24.6. The second-order valence-electron chi connectivity index (χ2n) is 19.9. The lowest BCUT2D eigenvalue weighted by Gasteiger charge is -2.54. The van der Waals surface area contributed by atoms with Crippen LogP contribution in [0, 0.1) is 29.1 Å². The summed E-state index contributed by atoms with van der Waals surface area (Å²) >= 11 is 0. The second kappa shape index (κ2) is 19.8. The number of amides is 3. The van der Waals surface area contributed by atoms with Crippen molar-refractivity contribution in [3.05, 3.63) is 11.3 Å². The number of piperazine rings is 1. The molecule has 1 spiro atoms. The van der Waals surface area contributed by atoms with E-state index in [-0.39, 0.29) is 74.6 Å². The fourth-order valence-electron chi connectivity index (χ4n) is 14.1. The van der Waals surface area contributed by atoms with Crippen molar-refractivity contribution in [1.82, 2.24) is 30.2 Å². The van der Waals surface area contributed by atoms with Crippen LogP contribution in [0.3, 0.4) is 0 Å². The summed E-state index contributed by atoms with van der Waals surface area (Å²) in [6.45, 7) is 4.29. The molecule has 62 heavy (non-hydrogen) atoms. The van der Waals surface area contributed by atoms with Crippen molar-refractivity contribution in [3.8, 4) is 0 Å². The molecule has 0 aromatic carbocycles. The lowest BCUT2D eigenvalue weighted by molar-refractivity contribution is -0.193. The monoisotopic (exact) mass is 867 g/mol.